The summed E-state index contributed by atoms with van der Waals surface area (Å²) in [7, 11) is 0. The molecule has 0 bridgehead atoms. The van der Waals surface area contributed by atoms with E-state index >= 15 is 0 Å². The highest BCUT2D eigenvalue weighted by Crippen LogP contribution is 2.40. The van der Waals surface area contributed by atoms with Gasteiger partial charge in [-0.05, 0) is 74.6 Å². The molecule has 2 aromatic carbocycles. The van der Waals surface area contributed by atoms with Crippen LogP contribution in [-0.4, -0.2) is 22.5 Å². The molecule has 0 radical (unpaired) electrons. The van der Waals surface area contributed by atoms with Crippen LogP contribution in [0.2, 0.25) is 0 Å². The maximum atomic E-state index is 13.0. The summed E-state index contributed by atoms with van der Waals surface area (Å²) in [6.45, 7) is 2.15. The van der Waals surface area contributed by atoms with E-state index in [1.807, 2.05) is 55.5 Å². The van der Waals surface area contributed by atoms with Crippen LogP contribution in [-0.2, 0) is 17.6 Å². The molecule has 1 aliphatic rings. The summed E-state index contributed by atoms with van der Waals surface area (Å²) >= 11 is 5.11. The van der Waals surface area contributed by atoms with Crippen molar-refractivity contribution in [1.82, 2.24) is 9.97 Å². The third-order valence-electron chi connectivity index (χ3n) is 6.19. The lowest BCUT2D eigenvalue weighted by molar-refractivity contribution is 0.0526. The summed E-state index contributed by atoms with van der Waals surface area (Å²) in [5.41, 5.74) is 5.28. The number of hydrogen-bond donors (Lipinski definition) is 1. The van der Waals surface area contributed by atoms with E-state index in [4.69, 9.17) is 19.1 Å². The first-order chi connectivity index (χ1) is 17.1. The number of aromatic nitrogens is 2. The SMILES string of the molecule is CCOC(=O)c1c(N=c2oc3ccc(Br)cc3cc2-c2nc3ccccc3[nH]2)sc2c1CCCC2. The fourth-order valence-electron chi connectivity index (χ4n) is 4.57. The normalized spacial score (nSPS) is 13.9. The van der Waals surface area contributed by atoms with Crippen molar-refractivity contribution >= 4 is 60.2 Å². The van der Waals surface area contributed by atoms with Crippen molar-refractivity contribution in [2.24, 2.45) is 4.99 Å². The maximum Gasteiger partial charge on any atom is 0.341 e. The highest BCUT2D eigenvalue weighted by Gasteiger charge is 2.26. The molecule has 3 heterocycles. The Balaban J connectivity index is 1.62. The smallest absolute Gasteiger partial charge is 0.341 e. The topological polar surface area (TPSA) is 80.5 Å². The molecule has 0 fully saturated rings. The molecular weight excluding hydrogens is 526 g/mol. The maximum absolute atomic E-state index is 13.0. The van der Waals surface area contributed by atoms with Gasteiger partial charge in [-0.2, -0.15) is 0 Å². The van der Waals surface area contributed by atoms with Crippen molar-refractivity contribution in [3.8, 4) is 11.4 Å². The summed E-state index contributed by atoms with van der Waals surface area (Å²) < 4.78 is 12.7. The van der Waals surface area contributed by atoms with Gasteiger partial charge in [0.1, 0.15) is 16.4 Å². The number of para-hydroxylation sites is 2. The first kappa shape index (κ1) is 22.2. The molecule has 0 amide bonds. The molecule has 0 saturated heterocycles. The number of thiophene rings is 1. The zero-order valence-corrected chi connectivity index (χ0v) is 21.5. The number of imidazole rings is 1. The molecule has 0 aliphatic heterocycles. The number of aryl methyl sites for hydroxylation is 1. The number of ether oxygens (including phenoxy) is 1. The average Bonchev–Trinajstić information content (AvgIpc) is 3.45. The monoisotopic (exact) mass is 547 g/mol. The van der Waals surface area contributed by atoms with Crippen LogP contribution in [0.1, 0.15) is 40.6 Å². The Morgan fingerprint density at radius 2 is 2.06 bits per heavy atom. The number of esters is 1. The van der Waals surface area contributed by atoms with Gasteiger partial charge >= 0.3 is 5.97 Å². The van der Waals surface area contributed by atoms with Crippen LogP contribution >= 0.6 is 27.3 Å². The summed E-state index contributed by atoms with van der Waals surface area (Å²) in [6.07, 6.45) is 4.01. The molecule has 0 atom stereocenters. The average molecular weight is 548 g/mol. The molecule has 1 aliphatic carbocycles. The van der Waals surface area contributed by atoms with E-state index in [1.165, 1.54) is 4.88 Å². The molecule has 6 nitrogen and oxygen atoms in total. The molecule has 3 aromatic heterocycles. The van der Waals surface area contributed by atoms with Crippen LogP contribution in [0.25, 0.3) is 33.4 Å². The van der Waals surface area contributed by atoms with E-state index in [2.05, 4.69) is 20.9 Å². The highest BCUT2D eigenvalue weighted by molar-refractivity contribution is 9.10. The number of aromatic amines is 1. The van der Waals surface area contributed by atoms with E-state index in [0.717, 1.165) is 57.7 Å². The number of carbonyl (C=O) groups is 1. The number of nitrogens with one attached hydrogen (secondary N) is 1. The molecule has 0 unspecified atom stereocenters. The van der Waals surface area contributed by atoms with Crippen LogP contribution in [0.4, 0.5) is 5.00 Å². The van der Waals surface area contributed by atoms with Gasteiger partial charge in [-0.25, -0.2) is 14.8 Å². The van der Waals surface area contributed by atoms with Crippen molar-refractivity contribution in [3.05, 3.63) is 74.6 Å². The highest BCUT2D eigenvalue weighted by atomic mass is 79.9. The van der Waals surface area contributed by atoms with E-state index in [0.29, 0.717) is 34.1 Å². The molecule has 8 heteroatoms. The van der Waals surface area contributed by atoms with Crippen molar-refractivity contribution in [2.75, 3.05) is 6.61 Å². The lowest BCUT2D eigenvalue weighted by Gasteiger charge is -2.11. The van der Waals surface area contributed by atoms with E-state index in [-0.39, 0.29) is 5.97 Å². The minimum atomic E-state index is -0.319. The predicted molar refractivity (Wildman–Crippen MR) is 141 cm³/mol. The third kappa shape index (κ3) is 4.10. The van der Waals surface area contributed by atoms with Gasteiger partial charge in [0, 0.05) is 14.7 Å². The van der Waals surface area contributed by atoms with E-state index < -0.39 is 0 Å². The number of fused-ring (bicyclic) bond motifs is 3. The number of halogens is 1. The Bertz CT molecular complexity index is 1630. The van der Waals surface area contributed by atoms with Crippen LogP contribution in [0.3, 0.4) is 0 Å². The lowest BCUT2D eigenvalue weighted by atomic mass is 9.95. The molecule has 176 valence electrons. The summed E-state index contributed by atoms with van der Waals surface area (Å²) in [4.78, 5) is 27.3. The Hall–Kier alpha value is -3.23. The quantitative estimate of drug-likeness (QED) is 0.243. The zero-order chi connectivity index (χ0) is 23.9. The second-order valence-electron chi connectivity index (χ2n) is 8.47. The Morgan fingerprint density at radius 1 is 1.20 bits per heavy atom. The molecule has 5 aromatic rings. The number of carbonyl (C=O) groups excluding carboxylic acids is 1. The van der Waals surface area contributed by atoms with Crippen molar-refractivity contribution < 1.29 is 13.9 Å². The van der Waals surface area contributed by atoms with Gasteiger partial charge in [-0.1, -0.05) is 28.1 Å². The van der Waals surface area contributed by atoms with Gasteiger partial charge in [0.15, 0.2) is 0 Å². The minimum absolute atomic E-state index is 0.319. The van der Waals surface area contributed by atoms with E-state index in [9.17, 15) is 4.79 Å². The number of benzene rings is 2. The Labute approximate surface area is 213 Å². The van der Waals surface area contributed by atoms with Crippen LogP contribution in [0.15, 0.2) is 62.4 Å². The zero-order valence-electron chi connectivity index (χ0n) is 19.1. The van der Waals surface area contributed by atoms with Gasteiger partial charge < -0.3 is 14.1 Å². The molecule has 1 N–H and O–H groups in total. The van der Waals surface area contributed by atoms with Crippen LogP contribution in [0, 0.1) is 0 Å². The summed E-state index contributed by atoms with van der Waals surface area (Å²) in [5.74, 6) is 0.343. The number of hydrogen-bond acceptors (Lipinski definition) is 6. The standard InChI is InChI=1S/C27H22BrN3O3S/c1-2-33-27(32)23-17-7-3-6-10-22(17)35-26(23)31-25-18(14-15-13-16(28)11-12-21(15)34-25)24-29-19-8-4-5-9-20(19)30-24/h4-5,8-9,11-14H,2-3,6-7,10H2,1H3,(H,29,30). The third-order valence-corrected chi connectivity index (χ3v) is 7.87. The molecule has 35 heavy (non-hydrogen) atoms. The largest absolute Gasteiger partial charge is 0.462 e. The molecular formula is C27H22BrN3O3S. The van der Waals surface area contributed by atoms with Gasteiger partial charge in [0.25, 0.3) is 0 Å². The predicted octanol–water partition coefficient (Wildman–Crippen LogP) is 7.09. The first-order valence-corrected chi connectivity index (χ1v) is 13.3. The second-order valence-corrected chi connectivity index (χ2v) is 10.5. The van der Waals surface area contributed by atoms with Crippen LogP contribution in [0.5, 0.6) is 0 Å². The number of H-pyrrole nitrogens is 1. The number of rotatable bonds is 4. The van der Waals surface area contributed by atoms with Crippen LogP contribution < -0.4 is 5.55 Å². The van der Waals surface area contributed by atoms with Crippen molar-refractivity contribution in [2.45, 2.75) is 32.6 Å². The van der Waals surface area contributed by atoms with Crippen molar-refractivity contribution in [1.29, 1.82) is 0 Å². The lowest BCUT2D eigenvalue weighted by Crippen LogP contribution is -2.10. The van der Waals surface area contributed by atoms with Gasteiger partial charge in [0.2, 0.25) is 5.55 Å². The first-order valence-electron chi connectivity index (χ1n) is 11.7. The summed E-state index contributed by atoms with van der Waals surface area (Å²) in [5, 5.41) is 1.55. The van der Waals surface area contributed by atoms with Gasteiger partial charge in [-0.3, -0.25) is 0 Å². The fourth-order valence-corrected chi connectivity index (χ4v) is 6.19. The van der Waals surface area contributed by atoms with Gasteiger partial charge in [-0.15, -0.1) is 11.3 Å². The Kier molecular flexibility index (Phi) is 5.78. The van der Waals surface area contributed by atoms with E-state index in [1.54, 1.807) is 11.3 Å². The van der Waals surface area contributed by atoms with Crippen molar-refractivity contribution in [3.63, 3.8) is 0 Å². The second kappa shape index (κ2) is 9.09. The fraction of sp³-hybridized carbons (Fsp3) is 0.222. The molecule has 0 spiro atoms. The molecule has 6 rings (SSSR count). The number of nitrogens with zero attached hydrogens (tertiary/aromatic N) is 2. The Morgan fingerprint density at radius 3 is 2.91 bits per heavy atom. The van der Waals surface area contributed by atoms with Gasteiger partial charge in [0.05, 0.1) is 28.8 Å². The minimum Gasteiger partial charge on any atom is -0.462 e. The summed E-state index contributed by atoms with van der Waals surface area (Å²) in [6, 6.07) is 15.8. The molecule has 0 saturated carbocycles.